The van der Waals surface area contributed by atoms with Gasteiger partial charge in [-0.2, -0.15) is 20.1 Å². The normalized spacial score (nSPS) is 15.5. The van der Waals surface area contributed by atoms with Gasteiger partial charge in [0.25, 0.3) is 5.95 Å². The van der Waals surface area contributed by atoms with Gasteiger partial charge in [0.15, 0.2) is 0 Å². The predicted molar refractivity (Wildman–Crippen MR) is 78.7 cm³/mol. The number of nitrogens with one attached hydrogen (secondary N) is 1. The number of aromatic nitrogens is 5. The van der Waals surface area contributed by atoms with Gasteiger partial charge in [-0.3, -0.25) is 0 Å². The van der Waals surface area contributed by atoms with Crippen LogP contribution in [0.1, 0.15) is 25.7 Å². The van der Waals surface area contributed by atoms with Crippen molar-refractivity contribution in [2.45, 2.75) is 31.8 Å². The summed E-state index contributed by atoms with van der Waals surface area (Å²) in [6.45, 7) is 1.26. The van der Waals surface area contributed by atoms with E-state index < -0.39 is 0 Å². The number of rotatable bonds is 6. The van der Waals surface area contributed by atoms with E-state index in [1.807, 2.05) is 0 Å². The van der Waals surface area contributed by atoms with Gasteiger partial charge in [0.1, 0.15) is 0 Å². The van der Waals surface area contributed by atoms with Gasteiger partial charge in [-0.25, -0.2) is 4.68 Å². The maximum atomic E-state index is 5.91. The molecule has 8 heteroatoms. The Morgan fingerprint density at radius 2 is 2.14 bits per heavy atom. The Morgan fingerprint density at radius 3 is 2.90 bits per heavy atom. The van der Waals surface area contributed by atoms with E-state index in [1.54, 1.807) is 18.5 Å². The first-order valence-electron chi connectivity index (χ1n) is 7.08. The fourth-order valence-corrected chi connectivity index (χ4v) is 2.51. The molecule has 1 aliphatic carbocycles. The van der Waals surface area contributed by atoms with Gasteiger partial charge in [0, 0.05) is 18.9 Å². The molecular weight excluding hydrogens is 292 g/mol. The van der Waals surface area contributed by atoms with E-state index in [0.717, 1.165) is 0 Å². The topological polar surface area (TPSA) is 77.8 Å². The lowest BCUT2D eigenvalue weighted by atomic mass is 10.3. The first kappa shape index (κ1) is 14.2. The van der Waals surface area contributed by atoms with Crippen molar-refractivity contribution in [1.29, 1.82) is 0 Å². The van der Waals surface area contributed by atoms with Crippen LogP contribution in [0.5, 0.6) is 0 Å². The molecule has 0 radical (unpaired) electrons. The van der Waals surface area contributed by atoms with Crippen LogP contribution in [0.3, 0.4) is 0 Å². The van der Waals surface area contributed by atoms with E-state index in [2.05, 4.69) is 25.4 Å². The summed E-state index contributed by atoms with van der Waals surface area (Å²) < 4.78 is 7.31. The molecule has 2 aromatic rings. The summed E-state index contributed by atoms with van der Waals surface area (Å²) in [4.78, 5) is 12.4. The number of nitrogens with zero attached hydrogens (tertiary/aromatic N) is 5. The van der Waals surface area contributed by atoms with Crippen LogP contribution < -0.4 is 5.32 Å². The van der Waals surface area contributed by atoms with Crippen LogP contribution in [0.25, 0.3) is 5.95 Å². The molecule has 1 fully saturated rings. The Bertz CT molecular complexity index is 570. The summed E-state index contributed by atoms with van der Waals surface area (Å²) in [6, 6.07) is 1.79. The minimum absolute atomic E-state index is 0.134. The Morgan fingerprint density at radius 1 is 1.29 bits per heavy atom. The molecule has 1 aliphatic rings. The van der Waals surface area contributed by atoms with E-state index in [-0.39, 0.29) is 5.28 Å². The number of hydrogen-bond acceptors (Lipinski definition) is 6. The molecule has 3 rings (SSSR count). The largest absolute Gasteiger partial charge is 0.376 e. The molecule has 0 unspecified atom stereocenters. The smallest absolute Gasteiger partial charge is 0.256 e. The van der Waals surface area contributed by atoms with E-state index in [1.165, 1.54) is 30.4 Å². The monoisotopic (exact) mass is 308 g/mol. The minimum Gasteiger partial charge on any atom is -0.376 e. The zero-order valence-corrected chi connectivity index (χ0v) is 12.3. The molecular formula is C13H17ClN6O. The molecule has 0 aromatic carbocycles. The van der Waals surface area contributed by atoms with Crippen LogP contribution in [0, 0.1) is 0 Å². The van der Waals surface area contributed by atoms with Crippen LogP contribution in [0.4, 0.5) is 5.95 Å². The van der Waals surface area contributed by atoms with Crippen LogP contribution >= 0.6 is 11.6 Å². The van der Waals surface area contributed by atoms with Crippen molar-refractivity contribution in [3.05, 3.63) is 23.7 Å². The number of ether oxygens (including phenoxy) is 1. The number of hydrogen-bond donors (Lipinski definition) is 1. The summed E-state index contributed by atoms with van der Waals surface area (Å²) >= 11 is 5.91. The van der Waals surface area contributed by atoms with Crippen molar-refractivity contribution >= 4 is 17.5 Å². The summed E-state index contributed by atoms with van der Waals surface area (Å²) in [5.74, 6) is 0.815. The van der Waals surface area contributed by atoms with Gasteiger partial charge in [-0.15, -0.1) is 0 Å². The molecule has 0 amide bonds. The summed E-state index contributed by atoms with van der Waals surface area (Å²) in [6.07, 6.45) is 8.69. The second kappa shape index (κ2) is 6.82. The fraction of sp³-hybridized carbons (Fsp3) is 0.538. The van der Waals surface area contributed by atoms with Crippen molar-refractivity contribution in [2.24, 2.45) is 0 Å². The SMILES string of the molecule is Clc1nc(NCCOC2CCCC2)nc(-n2cccn2)n1. The third kappa shape index (κ3) is 3.89. The quantitative estimate of drug-likeness (QED) is 0.823. The van der Waals surface area contributed by atoms with Crippen molar-refractivity contribution in [2.75, 3.05) is 18.5 Å². The Balaban J connectivity index is 1.55. The Hall–Kier alpha value is -1.73. The highest BCUT2D eigenvalue weighted by atomic mass is 35.5. The van der Waals surface area contributed by atoms with Gasteiger partial charge < -0.3 is 10.1 Å². The van der Waals surface area contributed by atoms with E-state index in [9.17, 15) is 0 Å². The van der Waals surface area contributed by atoms with Crippen LogP contribution in [-0.4, -0.2) is 44.0 Å². The van der Waals surface area contributed by atoms with Gasteiger partial charge in [-0.05, 0) is 30.5 Å². The molecule has 0 bridgehead atoms. The van der Waals surface area contributed by atoms with Crippen molar-refractivity contribution in [3.8, 4) is 5.95 Å². The highest BCUT2D eigenvalue weighted by Gasteiger charge is 2.14. The molecule has 0 aliphatic heterocycles. The van der Waals surface area contributed by atoms with E-state index in [4.69, 9.17) is 16.3 Å². The highest BCUT2D eigenvalue weighted by Crippen LogP contribution is 2.20. The number of anilines is 1. The van der Waals surface area contributed by atoms with E-state index >= 15 is 0 Å². The third-order valence-corrected chi connectivity index (χ3v) is 3.52. The standard InChI is InChI=1S/C13H17ClN6O/c14-11-17-12(15-7-9-21-10-4-1-2-5-10)19-13(18-11)20-8-3-6-16-20/h3,6,8,10H,1-2,4-5,7,9H2,(H,15,17,18,19). The first-order valence-corrected chi connectivity index (χ1v) is 7.46. The van der Waals surface area contributed by atoms with Crippen LogP contribution in [0.15, 0.2) is 18.5 Å². The first-order chi connectivity index (χ1) is 10.3. The molecule has 112 valence electrons. The Kier molecular flexibility index (Phi) is 4.62. The third-order valence-electron chi connectivity index (χ3n) is 3.35. The molecule has 7 nitrogen and oxygen atoms in total. The lowest BCUT2D eigenvalue weighted by Gasteiger charge is -2.11. The minimum atomic E-state index is 0.134. The highest BCUT2D eigenvalue weighted by molar-refractivity contribution is 6.28. The maximum Gasteiger partial charge on any atom is 0.256 e. The van der Waals surface area contributed by atoms with Gasteiger partial charge in [0.2, 0.25) is 11.2 Å². The van der Waals surface area contributed by atoms with Crippen LogP contribution in [-0.2, 0) is 4.74 Å². The predicted octanol–water partition coefficient (Wildman–Crippen LogP) is 2.08. The molecule has 0 atom stereocenters. The second-order valence-corrected chi connectivity index (χ2v) is 5.22. The summed E-state index contributed by atoms with van der Waals surface area (Å²) in [7, 11) is 0. The molecule has 0 spiro atoms. The summed E-state index contributed by atoms with van der Waals surface area (Å²) in [5, 5.41) is 7.30. The Labute approximate surface area is 127 Å². The lowest BCUT2D eigenvalue weighted by molar-refractivity contribution is 0.0658. The molecule has 2 aromatic heterocycles. The molecule has 2 heterocycles. The van der Waals surface area contributed by atoms with Gasteiger partial charge in [-0.1, -0.05) is 12.8 Å². The average Bonchev–Trinajstić information content (AvgIpc) is 3.16. The van der Waals surface area contributed by atoms with Gasteiger partial charge in [0.05, 0.1) is 12.7 Å². The molecule has 21 heavy (non-hydrogen) atoms. The zero-order valence-electron chi connectivity index (χ0n) is 11.6. The van der Waals surface area contributed by atoms with Crippen molar-refractivity contribution in [1.82, 2.24) is 24.7 Å². The molecule has 0 saturated heterocycles. The zero-order chi connectivity index (χ0) is 14.5. The fourth-order valence-electron chi connectivity index (χ4n) is 2.35. The lowest BCUT2D eigenvalue weighted by Crippen LogP contribution is -2.17. The average molecular weight is 309 g/mol. The second-order valence-electron chi connectivity index (χ2n) is 4.88. The van der Waals surface area contributed by atoms with Crippen LogP contribution in [0.2, 0.25) is 5.28 Å². The molecule has 1 saturated carbocycles. The molecule has 1 N–H and O–H groups in total. The van der Waals surface area contributed by atoms with Gasteiger partial charge >= 0.3 is 0 Å². The summed E-state index contributed by atoms with van der Waals surface area (Å²) in [5.41, 5.74) is 0. The maximum absolute atomic E-state index is 5.91. The number of halogens is 1. The van der Waals surface area contributed by atoms with E-state index in [0.29, 0.717) is 31.2 Å². The van der Waals surface area contributed by atoms with Crippen molar-refractivity contribution in [3.63, 3.8) is 0 Å². The van der Waals surface area contributed by atoms with Crippen molar-refractivity contribution < 1.29 is 4.74 Å².